The van der Waals surface area contributed by atoms with E-state index in [1.54, 1.807) is 0 Å². The van der Waals surface area contributed by atoms with E-state index in [2.05, 4.69) is 28.9 Å². The molecule has 0 amide bonds. The van der Waals surface area contributed by atoms with Gasteiger partial charge in [-0.3, -0.25) is 0 Å². The third kappa shape index (κ3) is 1.11. The molecule has 4 atom stereocenters. The molecule has 0 aromatic carbocycles. The summed E-state index contributed by atoms with van der Waals surface area (Å²) in [5, 5.41) is 9.39. The lowest BCUT2D eigenvalue weighted by molar-refractivity contribution is -0.0566. The van der Waals surface area contributed by atoms with Crippen LogP contribution in [0.25, 0.3) is 0 Å². The predicted molar refractivity (Wildman–Crippen MR) is 59.0 cm³/mol. The zero-order valence-corrected chi connectivity index (χ0v) is 10.2. The fourth-order valence-corrected chi connectivity index (χ4v) is 6.59. The van der Waals surface area contributed by atoms with Gasteiger partial charge >= 0.3 is 0 Å². The Balaban J connectivity index is 2.06. The molecule has 4 fully saturated rings. The molecule has 0 heterocycles. The first-order valence-corrected chi connectivity index (χ1v) is 6.36. The van der Waals surface area contributed by atoms with Crippen LogP contribution >= 0.6 is 15.9 Å². The summed E-state index contributed by atoms with van der Waals surface area (Å²) in [5.74, 6) is 0.815. The first-order chi connectivity index (χ1) is 6.47. The van der Waals surface area contributed by atoms with Crippen molar-refractivity contribution in [2.75, 3.05) is 0 Å². The summed E-state index contributed by atoms with van der Waals surface area (Å²) >= 11 is 3.92. The fraction of sp³-hybridized carbons (Fsp3) is 0.917. The van der Waals surface area contributed by atoms with Gasteiger partial charge in [0.1, 0.15) is 0 Å². The summed E-state index contributed by atoms with van der Waals surface area (Å²) in [4.78, 5) is 0. The van der Waals surface area contributed by atoms with E-state index >= 15 is 0 Å². The van der Waals surface area contributed by atoms with Crippen molar-refractivity contribution in [2.45, 2.75) is 49.8 Å². The van der Waals surface area contributed by atoms with E-state index < -0.39 is 0 Å². The molecule has 4 aliphatic rings. The summed E-state index contributed by atoms with van der Waals surface area (Å²) < 4.78 is 0.316. The molecule has 0 saturated heterocycles. The molecule has 0 spiro atoms. The van der Waals surface area contributed by atoms with Crippen LogP contribution in [-0.2, 0) is 0 Å². The maximum absolute atomic E-state index is 9.39. The molecular weight excluding hydrogens is 238 g/mol. The molecule has 0 aliphatic heterocycles. The Bertz CT molecular complexity index is 312. The SMILES string of the molecule is CC12CC3CC(Br)(C1)CC(C#N)(C3)C2. The van der Waals surface area contributed by atoms with Crippen molar-refractivity contribution in [2.24, 2.45) is 16.7 Å². The van der Waals surface area contributed by atoms with E-state index in [-0.39, 0.29) is 5.41 Å². The van der Waals surface area contributed by atoms with E-state index in [4.69, 9.17) is 0 Å². The molecule has 0 aromatic heterocycles. The lowest BCUT2D eigenvalue weighted by Gasteiger charge is -2.62. The highest BCUT2D eigenvalue weighted by molar-refractivity contribution is 9.10. The van der Waals surface area contributed by atoms with Crippen LogP contribution in [0.3, 0.4) is 0 Å². The predicted octanol–water partition coefficient (Wildman–Crippen LogP) is 3.63. The van der Waals surface area contributed by atoms with E-state index in [0.29, 0.717) is 9.74 Å². The largest absolute Gasteiger partial charge is 0.198 e. The van der Waals surface area contributed by atoms with Crippen molar-refractivity contribution >= 4 is 15.9 Å². The second-order valence-corrected chi connectivity index (χ2v) is 8.04. The molecule has 1 nitrogen and oxygen atoms in total. The fourth-order valence-electron chi connectivity index (χ4n) is 4.92. The van der Waals surface area contributed by atoms with Crippen LogP contribution in [0.4, 0.5) is 0 Å². The van der Waals surface area contributed by atoms with Crippen molar-refractivity contribution in [3.05, 3.63) is 0 Å². The number of hydrogen-bond donors (Lipinski definition) is 0. The maximum atomic E-state index is 9.39. The Kier molecular flexibility index (Phi) is 1.56. The number of alkyl halides is 1. The van der Waals surface area contributed by atoms with Gasteiger partial charge in [0.25, 0.3) is 0 Å². The minimum absolute atomic E-state index is 0.0255. The normalized spacial score (nSPS) is 59.9. The minimum Gasteiger partial charge on any atom is -0.198 e. The van der Waals surface area contributed by atoms with Crippen LogP contribution in [0.2, 0.25) is 0 Å². The molecule has 0 radical (unpaired) electrons. The van der Waals surface area contributed by atoms with Crippen LogP contribution in [-0.4, -0.2) is 4.32 Å². The van der Waals surface area contributed by atoms with Gasteiger partial charge in [0.2, 0.25) is 0 Å². The first kappa shape index (κ1) is 9.21. The smallest absolute Gasteiger partial charge is 0.0690 e. The summed E-state index contributed by atoms with van der Waals surface area (Å²) in [6.07, 6.45) is 7.39. The standard InChI is InChI=1S/C12H16BrN/c1-10-2-9-3-11(5-10,8-14)7-12(13,4-9)6-10/h9H,2-7H2,1H3. The molecular formula is C12H16BrN. The van der Waals surface area contributed by atoms with Gasteiger partial charge in [0.05, 0.1) is 11.5 Å². The van der Waals surface area contributed by atoms with Crippen LogP contribution in [0.15, 0.2) is 0 Å². The zero-order valence-electron chi connectivity index (χ0n) is 8.65. The number of rotatable bonds is 0. The van der Waals surface area contributed by atoms with Crippen molar-refractivity contribution in [1.29, 1.82) is 5.26 Å². The Hall–Kier alpha value is -0.0300. The molecule has 0 N–H and O–H groups in total. The molecule has 4 saturated carbocycles. The van der Waals surface area contributed by atoms with Crippen molar-refractivity contribution in [3.63, 3.8) is 0 Å². The summed E-state index contributed by atoms with van der Waals surface area (Å²) in [7, 11) is 0. The van der Waals surface area contributed by atoms with Crippen LogP contribution in [0.1, 0.15) is 45.4 Å². The van der Waals surface area contributed by atoms with E-state index in [1.807, 2.05) is 0 Å². The quantitative estimate of drug-likeness (QED) is 0.605. The van der Waals surface area contributed by atoms with Crippen LogP contribution in [0, 0.1) is 28.1 Å². The monoisotopic (exact) mass is 253 g/mol. The second kappa shape index (κ2) is 2.38. The van der Waals surface area contributed by atoms with Gasteiger partial charge in [-0.1, -0.05) is 22.9 Å². The van der Waals surface area contributed by atoms with E-state index in [0.717, 1.165) is 18.8 Å². The third-order valence-electron chi connectivity index (χ3n) is 4.52. The highest BCUT2D eigenvalue weighted by Gasteiger charge is 2.61. The first-order valence-electron chi connectivity index (χ1n) is 5.57. The Morgan fingerprint density at radius 3 is 2.57 bits per heavy atom. The summed E-state index contributed by atoms with van der Waals surface area (Å²) in [6, 6.07) is 2.63. The summed E-state index contributed by atoms with van der Waals surface area (Å²) in [5.41, 5.74) is 0.482. The van der Waals surface area contributed by atoms with Crippen LogP contribution < -0.4 is 0 Å². The Morgan fingerprint density at radius 2 is 2.00 bits per heavy atom. The van der Waals surface area contributed by atoms with Gasteiger partial charge in [-0.25, -0.2) is 0 Å². The van der Waals surface area contributed by atoms with Gasteiger partial charge in [0, 0.05) is 4.32 Å². The van der Waals surface area contributed by atoms with Crippen LogP contribution in [0.5, 0.6) is 0 Å². The Morgan fingerprint density at radius 1 is 1.21 bits per heavy atom. The average molecular weight is 254 g/mol. The molecule has 76 valence electrons. The highest BCUT2D eigenvalue weighted by atomic mass is 79.9. The molecule has 2 heteroatoms. The van der Waals surface area contributed by atoms with Crippen molar-refractivity contribution in [1.82, 2.24) is 0 Å². The molecule has 4 bridgehead atoms. The average Bonchev–Trinajstić information content (AvgIpc) is 1.97. The van der Waals surface area contributed by atoms with E-state index in [1.165, 1.54) is 25.7 Å². The third-order valence-corrected chi connectivity index (χ3v) is 5.40. The van der Waals surface area contributed by atoms with E-state index in [9.17, 15) is 5.26 Å². The number of nitriles is 1. The molecule has 4 aliphatic carbocycles. The molecule has 4 rings (SSSR count). The van der Waals surface area contributed by atoms with Gasteiger partial charge < -0.3 is 0 Å². The van der Waals surface area contributed by atoms with Gasteiger partial charge in [0.15, 0.2) is 0 Å². The summed E-state index contributed by atoms with van der Waals surface area (Å²) in [6.45, 7) is 2.39. The molecule has 14 heavy (non-hydrogen) atoms. The molecule has 0 aromatic rings. The van der Waals surface area contributed by atoms with Gasteiger partial charge in [-0.2, -0.15) is 5.26 Å². The topological polar surface area (TPSA) is 23.8 Å². The Labute approximate surface area is 94.0 Å². The number of hydrogen-bond acceptors (Lipinski definition) is 1. The lowest BCUT2D eigenvalue weighted by Crippen LogP contribution is -2.56. The van der Waals surface area contributed by atoms with Gasteiger partial charge in [-0.15, -0.1) is 0 Å². The number of halogens is 1. The van der Waals surface area contributed by atoms with Gasteiger partial charge in [-0.05, 0) is 49.9 Å². The van der Waals surface area contributed by atoms with Crippen molar-refractivity contribution < 1.29 is 0 Å². The minimum atomic E-state index is 0.0255. The zero-order chi connectivity index (χ0) is 10.0. The van der Waals surface area contributed by atoms with Crippen molar-refractivity contribution in [3.8, 4) is 6.07 Å². The maximum Gasteiger partial charge on any atom is 0.0690 e. The number of nitrogens with zero attached hydrogens (tertiary/aromatic N) is 1. The highest BCUT2D eigenvalue weighted by Crippen LogP contribution is 2.68. The lowest BCUT2D eigenvalue weighted by atomic mass is 9.45. The molecule has 4 unspecified atom stereocenters. The second-order valence-electron chi connectivity index (χ2n) is 6.36.